The first-order chi connectivity index (χ1) is 9.72. The molecule has 20 heavy (non-hydrogen) atoms. The fourth-order valence-electron chi connectivity index (χ4n) is 2.53. The Kier molecular flexibility index (Phi) is 5.42. The quantitative estimate of drug-likeness (QED) is 0.768. The van der Waals surface area contributed by atoms with Crippen LogP contribution in [0.25, 0.3) is 10.8 Å². The average molecular weight is 271 g/mol. The van der Waals surface area contributed by atoms with Crippen molar-refractivity contribution in [2.24, 2.45) is 11.7 Å². The van der Waals surface area contributed by atoms with Gasteiger partial charge in [0, 0.05) is 5.56 Å². The van der Waals surface area contributed by atoms with Crippen LogP contribution in [-0.2, 0) is 6.42 Å². The van der Waals surface area contributed by atoms with Gasteiger partial charge in [0.05, 0.1) is 6.61 Å². The first kappa shape index (κ1) is 14.9. The van der Waals surface area contributed by atoms with Crippen molar-refractivity contribution < 1.29 is 4.74 Å². The Hall–Kier alpha value is -1.54. The molecule has 0 saturated heterocycles. The molecule has 0 aliphatic rings. The minimum absolute atomic E-state index is 0.649. The van der Waals surface area contributed by atoms with Gasteiger partial charge in [0.1, 0.15) is 5.75 Å². The normalized spacial score (nSPS) is 11.2. The maximum Gasteiger partial charge on any atom is 0.123 e. The summed E-state index contributed by atoms with van der Waals surface area (Å²) >= 11 is 0. The van der Waals surface area contributed by atoms with E-state index in [1.807, 2.05) is 0 Å². The van der Waals surface area contributed by atoms with Gasteiger partial charge in [0.15, 0.2) is 0 Å². The van der Waals surface area contributed by atoms with E-state index < -0.39 is 0 Å². The summed E-state index contributed by atoms with van der Waals surface area (Å²) in [6.07, 6.45) is 3.17. The molecular weight excluding hydrogens is 246 g/mol. The van der Waals surface area contributed by atoms with Crippen LogP contribution < -0.4 is 10.5 Å². The molecule has 0 heterocycles. The second-order valence-electron chi connectivity index (χ2n) is 5.69. The van der Waals surface area contributed by atoms with Crippen molar-refractivity contribution in [2.45, 2.75) is 33.1 Å². The first-order valence-corrected chi connectivity index (χ1v) is 7.56. The monoisotopic (exact) mass is 271 g/mol. The first-order valence-electron chi connectivity index (χ1n) is 7.56. The summed E-state index contributed by atoms with van der Waals surface area (Å²) in [5.74, 6) is 1.73. The number of fused-ring (bicyclic) bond motifs is 1. The third-order valence-corrected chi connectivity index (χ3v) is 3.58. The van der Waals surface area contributed by atoms with Crippen LogP contribution in [0.15, 0.2) is 36.4 Å². The van der Waals surface area contributed by atoms with Crippen molar-refractivity contribution in [2.75, 3.05) is 13.2 Å². The van der Waals surface area contributed by atoms with Crippen LogP contribution in [0, 0.1) is 5.92 Å². The zero-order chi connectivity index (χ0) is 14.4. The second-order valence-corrected chi connectivity index (χ2v) is 5.69. The van der Waals surface area contributed by atoms with Gasteiger partial charge in [-0.15, -0.1) is 0 Å². The maximum absolute atomic E-state index is 5.99. The molecule has 2 aromatic rings. The molecule has 0 aliphatic heterocycles. The molecule has 2 N–H and O–H groups in total. The number of hydrogen-bond acceptors (Lipinski definition) is 2. The molecule has 0 spiro atoms. The average Bonchev–Trinajstić information content (AvgIpc) is 2.45. The highest BCUT2D eigenvalue weighted by Gasteiger charge is 2.08. The summed E-state index contributed by atoms with van der Waals surface area (Å²) < 4.78 is 5.99. The van der Waals surface area contributed by atoms with Crippen molar-refractivity contribution in [3.05, 3.63) is 42.0 Å². The molecule has 0 aromatic heterocycles. The lowest BCUT2D eigenvalue weighted by molar-refractivity contribution is 0.295. The van der Waals surface area contributed by atoms with Crippen LogP contribution in [0.1, 0.15) is 32.3 Å². The van der Waals surface area contributed by atoms with Crippen molar-refractivity contribution >= 4 is 10.8 Å². The topological polar surface area (TPSA) is 35.2 Å². The molecule has 2 aromatic carbocycles. The van der Waals surface area contributed by atoms with E-state index in [1.165, 1.54) is 22.8 Å². The number of ether oxygens (including phenoxy) is 1. The predicted octanol–water partition coefficient (Wildman–Crippen LogP) is 4.16. The summed E-state index contributed by atoms with van der Waals surface area (Å²) in [4.78, 5) is 0. The van der Waals surface area contributed by atoms with E-state index in [9.17, 15) is 0 Å². The van der Waals surface area contributed by atoms with Crippen LogP contribution in [-0.4, -0.2) is 13.2 Å². The summed E-state index contributed by atoms with van der Waals surface area (Å²) in [6.45, 7) is 5.93. The number of benzene rings is 2. The van der Waals surface area contributed by atoms with E-state index in [4.69, 9.17) is 10.5 Å². The second kappa shape index (κ2) is 7.30. The van der Waals surface area contributed by atoms with Crippen molar-refractivity contribution in [3.63, 3.8) is 0 Å². The lowest BCUT2D eigenvalue weighted by atomic mass is 10.0. The van der Waals surface area contributed by atoms with Gasteiger partial charge in [0.2, 0.25) is 0 Å². The lowest BCUT2D eigenvalue weighted by Crippen LogP contribution is -2.07. The molecule has 2 rings (SSSR count). The zero-order valence-corrected chi connectivity index (χ0v) is 12.6. The van der Waals surface area contributed by atoms with Gasteiger partial charge in [-0.1, -0.05) is 44.2 Å². The molecule has 0 amide bonds. The van der Waals surface area contributed by atoms with Crippen LogP contribution in [0.2, 0.25) is 0 Å². The van der Waals surface area contributed by atoms with Gasteiger partial charge < -0.3 is 10.5 Å². The van der Waals surface area contributed by atoms with E-state index in [-0.39, 0.29) is 0 Å². The molecule has 108 valence electrons. The SMILES string of the molecule is CC(C)CCCOc1ccc2ccccc2c1CCN. The molecule has 0 bridgehead atoms. The molecule has 0 radical (unpaired) electrons. The minimum Gasteiger partial charge on any atom is -0.493 e. The fourth-order valence-corrected chi connectivity index (χ4v) is 2.53. The summed E-state index contributed by atoms with van der Waals surface area (Å²) in [7, 11) is 0. The highest BCUT2D eigenvalue weighted by molar-refractivity contribution is 5.87. The molecule has 0 unspecified atom stereocenters. The molecule has 0 atom stereocenters. The van der Waals surface area contributed by atoms with Crippen molar-refractivity contribution in [1.82, 2.24) is 0 Å². The van der Waals surface area contributed by atoms with E-state index in [0.717, 1.165) is 31.1 Å². The summed E-state index contributed by atoms with van der Waals surface area (Å²) in [6, 6.07) is 12.7. The highest BCUT2D eigenvalue weighted by Crippen LogP contribution is 2.28. The molecule has 0 saturated carbocycles. The van der Waals surface area contributed by atoms with Crippen LogP contribution >= 0.6 is 0 Å². The maximum atomic E-state index is 5.99. The smallest absolute Gasteiger partial charge is 0.123 e. The van der Waals surface area contributed by atoms with Crippen molar-refractivity contribution in [1.29, 1.82) is 0 Å². The summed E-state index contributed by atoms with van der Waals surface area (Å²) in [5, 5.41) is 2.52. The molecule has 2 heteroatoms. The Labute approximate surface area is 121 Å². The fraction of sp³-hybridized carbons (Fsp3) is 0.444. The molecule has 2 nitrogen and oxygen atoms in total. The summed E-state index contributed by atoms with van der Waals surface area (Å²) in [5.41, 5.74) is 7.00. The molecule has 0 aliphatic carbocycles. The van der Waals surface area contributed by atoms with Gasteiger partial charge in [0.25, 0.3) is 0 Å². The third-order valence-electron chi connectivity index (χ3n) is 3.58. The van der Waals surface area contributed by atoms with Crippen LogP contribution in [0.3, 0.4) is 0 Å². The highest BCUT2D eigenvalue weighted by atomic mass is 16.5. The minimum atomic E-state index is 0.649. The third kappa shape index (κ3) is 3.73. The Bertz CT molecular complexity index is 548. The van der Waals surface area contributed by atoms with Crippen LogP contribution in [0.4, 0.5) is 0 Å². The Morgan fingerprint density at radius 1 is 1.10 bits per heavy atom. The van der Waals surface area contributed by atoms with E-state index in [0.29, 0.717) is 6.54 Å². The molecular formula is C18H25NO. The van der Waals surface area contributed by atoms with Crippen molar-refractivity contribution in [3.8, 4) is 5.75 Å². The predicted molar refractivity (Wildman–Crippen MR) is 86.3 cm³/mol. The standard InChI is InChI=1S/C18H25NO/c1-14(2)6-5-13-20-18-10-9-15-7-3-4-8-16(15)17(18)11-12-19/h3-4,7-10,14H,5-6,11-13,19H2,1-2H3. The van der Waals surface area contributed by atoms with E-state index in [2.05, 4.69) is 50.2 Å². The Morgan fingerprint density at radius 2 is 1.90 bits per heavy atom. The number of nitrogens with two attached hydrogens (primary N) is 1. The van der Waals surface area contributed by atoms with Gasteiger partial charge in [-0.05, 0) is 48.6 Å². The van der Waals surface area contributed by atoms with Gasteiger partial charge in [-0.3, -0.25) is 0 Å². The Balaban J connectivity index is 2.17. The van der Waals surface area contributed by atoms with Gasteiger partial charge >= 0.3 is 0 Å². The zero-order valence-electron chi connectivity index (χ0n) is 12.6. The lowest BCUT2D eigenvalue weighted by Gasteiger charge is -2.14. The van der Waals surface area contributed by atoms with E-state index in [1.54, 1.807) is 0 Å². The van der Waals surface area contributed by atoms with Crippen LogP contribution in [0.5, 0.6) is 5.75 Å². The largest absolute Gasteiger partial charge is 0.493 e. The van der Waals surface area contributed by atoms with Gasteiger partial charge in [-0.25, -0.2) is 0 Å². The molecule has 0 fully saturated rings. The van der Waals surface area contributed by atoms with Gasteiger partial charge in [-0.2, -0.15) is 0 Å². The van der Waals surface area contributed by atoms with E-state index >= 15 is 0 Å². The Morgan fingerprint density at radius 3 is 2.65 bits per heavy atom. The number of rotatable bonds is 7. The number of hydrogen-bond donors (Lipinski definition) is 1.